The van der Waals surface area contributed by atoms with Crippen LogP contribution in [-0.4, -0.2) is 92.9 Å². The fraction of sp³-hybridized carbons (Fsp3) is 0.395. The minimum atomic E-state index is -0.891. The maximum absolute atomic E-state index is 13.7. The van der Waals surface area contributed by atoms with Gasteiger partial charge in [-0.25, -0.2) is 19.8 Å². The standard InChI is InChI=1S/C43H48N8O5S/c1-8-11-15-32(45-27(5)55-6)42(53)51-23-13-17-36(51)40-46-30-19-18-29(25-34(30)48-40)38-21-20-37(57-38)28(10-3)24-33-26(4)44-39(47-33)35-16-12-22-50(35)41(52)31(14-9-2)49-43(54)56-7/h1-2,10,18-21,24-25,31-32,35-36H,3,11-17,22-23H2,4-7H3,(H,44,47)(H,46,48)(H,49,54). The minimum Gasteiger partial charge on any atom is -0.484 e. The van der Waals surface area contributed by atoms with E-state index >= 15 is 0 Å². The van der Waals surface area contributed by atoms with Gasteiger partial charge in [0.25, 0.3) is 0 Å². The maximum Gasteiger partial charge on any atom is 0.407 e. The number of aromatic amines is 2. The SMILES string of the molecule is C#CCCC(N=C(C)OC)C(=O)N1CCCC1c1nc2ccc(-c3ccc(C(C=C)=Cc4nc(C5CCCN5C(=O)C(CC#C)NC(=O)OC)[nH]c4C)s3)cc2[nH]1. The Bertz CT molecular complexity index is 2290. The molecular formula is C43H48N8O5S. The second-order valence-corrected chi connectivity index (χ2v) is 15.1. The number of fused-ring (bicyclic) bond motifs is 1. The Kier molecular flexibility index (Phi) is 13.0. The second-order valence-electron chi connectivity index (χ2n) is 14.0. The summed E-state index contributed by atoms with van der Waals surface area (Å²) in [6.07, 6.45) is 18.3. The van der Waals surface area contributed by atoms with Crippen LogP contribution in [0.1, 0.15) is 91.9 Å². The van der Waals surface area contributed by atoms with Gasteiger partial charge in [-0.15, -0.1) is 36.0 Å². The quantitative estimate of drug-likeness (QED) is 0.0572. The van der Waals surface area contributed by atoms with Gasteiger partial charge in [0.15, 0.2) is 5.90 Å². The van der Waals surface area contributed by atoms with Gasteiger partial charge >= 0.3 is 6.09 Å². The summed E-state index contributed by atoms with van der Waals surface area (Å²) in [6.45, 7) is 8.93. The molecule has 296 valence electrons. The lowest BCUT2D eigenvalue weighted by molar-refractivity contribution is -0.134. The zero-order chi connectivity index (χ0) is 40.6. The number of ether oxygens (including phenoxy) is 2. The number of nitrogens with one attached hydrogen (secondary N) is 3. The highest BCUT2D eigenvalue weighted by atomic mass is 32.1. The fourth-order valence-electron chi connectivity index (χ4n) is 7.44. The number of likely N-dealkylation sites (tertiary alicyclic amines) is 2. The fourth-order valence-corrected chi connectivity index (χ4v) is 8.45. The number of hydrogen-bond donors (Lipinski definition) is 3. The van der Waals surface area contributed by atoms with Crippen molar-refractivity contribution in [2.45, 2.75) is 83.0 Å². The molecule has 57 heavy (non-hydrogen) atoms. The van der Waals surface area contributed by atoms with E-state index in [0.29, 0.717) is 37.7 Å². The number of thiophene rings is 1. The second kappa shape index (κ2) is 18.2. The molecule has 0 bridgehead atoms. The van der Waals surface area contributed by atoms with Crippen molar-refractivity contribution in [2.75, 3.05) is 27.3 Å². The Labute approximate surface area is 337 Å². The van der Waals surface area contributed by atoms with Crippen LogP contribution in [0.25, 0.3) is 33.1 Å². The predicted octanol–water partition coefficient (Wildman–Crippen LogP) is 6.97. The summed E-state index contributed by atoms with van der Waals surface area (Å²) in [7, 11) is 2.78. The molecule has 0 radical (unpaired) electrons. The first-order valence-corrected chi connectivity index (χ1v) is 19.8. The van der Waals surface area contributed by atoms with Crippen molar-refractivity contribution in [1.82, 2.24) is 35.1 Å². The Balaban J connectivity index is 1.19. The van der Waals surface area contributed by atoms with Gasteiger partial charge in [-0.2, -0.15) is 0 Å². The Morgan fingerprint density at radius 2 is 1.75 bits per heavy atom. The summed E-state index contributed by atoms with van der Waals surface area (Å²) in [5, 5.41) is 2.57. The lowest BCUT2D eigenvalue weighted by Gasteiger charge is -2.27. The van der Waals surface area contributed by atoms with Gasteiger partial charge in [-0.1, -0.05) is 18.7 Å². The van der Waals surface area contributed by atoms with Crippen molar-refractivity contribution in [3.8, 4) is 35.1 Å². The first-order valence-electron chi connectivity index (χ1n) is 19.0. The number of benzene rings is 1. The summed E-state index contributed by atoms with van der Waals surface area (Å²) in [5.74, 6) is 6.64. The molecule has 0 aliphatic carbocycles. The number of allylic oxidation sites excluding steroid dienone is 2. The van der Waals surface area contributed by atoms with E-state index in [0.717, 1.165) is 74.8 Å². The van der Waals surface area contributed by atoms with E-state index in [9.17, 15) is 14.4 Å². The van der Waals surface area contributed by atoms with Crippen LogP contribution < -0.4 is 5.32 Å². The van der Waals surface area contributed by atoms with Gasteiger partial charge in [0.05, 0.1) is 43.0 Å². The average molecular weight is 789 g/mol. The third-order valence-electron chi connectivity index (χ3n) is 10.4. The number of nitrogens with zero attached hydrogens (tertiary/aromatic N) is 5. The van der Waals surface area contributed by atoms with E-state index in [1.807, 2.05) is 30.0 Å². The topological polar surface area (TPSA) is 158 Å². The van der Waals surface area contributed by atoms with Crippen LogP contribution in [0.3, 0.4) is 0 Å². The van der Waals surface area contributed by atoms with Crippen molar-refractivity contribution in [3.63, 3.8) is 0 Å². The number of imidazole rings is 2. The number of carbonyl (C=O) groups excluding carboxylic acids is 3. The molecule has 2 aliphatic heterocycles. The summed E-state index contributed by atoms with van der Waals surface area (Å²) >= 11 is 1.64. The number of H-pyrrole nitrogens is 2. The van der Waals surface area contributed by atoms with Gasteiger partial charge in [-0.05, 0) is 80.5 Å². The molecule has 2 saturated heterocycles. The van der Waals surface area contributed by atoms with E-state index < -0.39 is 18.2 Å². The highest BCUT2D eigenvalue weighted by Gasteiger charge is 2.37. The largest absolute Gasteiger partial charge is 0.484 e. The zero-order valence-electron chi connectivity index (χ0n) is 32.8. The number of carbonyl (C=O) groups is 3. The van der Waals surface area contributed by atoms with Crippen LogP contribution in [0, 0.1) is 31.6 Å². The van der Waals surface area contributed by atoms with Gasteiger partial charge in [0.2, 0.25) is 11.8 Å². The molecule has 4 unspecified atom stereocenters. The number of alkyl carbamates (subject to hydrolysis) is 1. The van der Waals surface area contributed by atoms with Crippen LogP contribution in [-0.2, 0) is 19.1 Å². The first-order chi connectivity index (χ1) is 27.6. The summed E-state index contributed by atoms with van der Waals surface area (Å²) < 4.78 is 9.95. The summed E-state index contributed by atoms with van der Waals surface area (Å²) in [5.41, 5.74) is 5.26. The average Bonchev–Trinajstić information content (AvgIpc) is 4.07. The van der Waals surface area contributed by atoms with Crippen LogP contribution in [0.5, 0.6) is 0 Å². The molecule has 2 aliphatic rings. The predicted molar refractivity (Wildman–Crippen MR) is 223 cm³/mol. The van der Waals surface area contributed by atoms with Gasteiger partial charge in [-0.3, -0.25) is 9.59 Å². The zero-order valence-corrected chi connectivity index (χ0v) is 33.6. The van der Waals surface area contributed by atoms with Crippen LogP contribution in [0.4, 0.5) is 4.79 Å². The van der Waals surface area contributed by atoms with E-state index in [1.165, 1.54) is 14.2 Å². The number of terminal acetylenes is 2. The van der Waals surface area contributed by atoms with Crippen molar-refractivity contribution in [3.05, 3.63) is 70.9 Å². The molecule has 13 nitrogen and oxygen atoms in total. The van der Waals surface area contributed by atoms with Gasteiger partial charge in [0.1, 0.15) is 23.7 Å². The smallest absolute Gasteiger partial charge is 0.407 e. The summed E-state index contributed by atoms with van der Waals surface area (Å²) in [6, 6.07) is 8.34. The number of hydrogen-bond acceptors (Lipinski definition) is 9. The third-order valence-corrected chi connectivity index (χ3v) is 11.6. The number of rotatable bonds is 13. The van der Waals surface area contributed by atoms with Crippen LogP contribution in [0.2, 0.25) is 0 Å². The molecule has 0 saturated carbocycles. The van der Waals surface area contributed by atoms with Crippen LogP contribution >= 0.6 is 11.3 Å². The number of amides is 3. The molecular weight excluding hydrogens is 741 g/mol. The lowest BCUT2D eigenvalue weighted by Crippen LogP contribution is -2.48. The van der Waals surface area contributed by atoms with Crippen LogP contribution in [0.15, 0.2) is 48.0 Å². The molecule has 3 aromatic heterocycles. The lowest BCUT2D eigenvalue weighted by atomic mass is 10.1. The molecule has 4 aromatic rings. The number of aryl methyl sites for hydroxylation is 1. The normalized spacial score (nSPS) is 18.2. The van der Waals surface area contributed by atoms with E-state index in [1.54, 1.807) is 23.2 Å². The number of aliphatic imine (C=N–C) groups is 1. The monoisotopic (exact) mass is 788 g/mol. The Morgan fingerprint density at radius 1 is 1.04 bits per heavy atom. The third kappa shape index (κ3) is 8.97. The molecule has 0 spiro atoms. The van der Waals surface area contributed by atoms with E-state index in [2.05, 4.69) is 63.0 Å². The molecule has 5 heterocycles. The van der Waals surface area contributed by atoms with E-state index in [4.69, 9.17) is 32.3 Å². The molecule has 2 fully saturated rings. The van der Waals surface area contributed by atoms with Gasteiger partial charge < -0.3 is 34.6 Å². The Morgan fingerprint density at radius 3 is 2.42 bits per heavy atom. The first kappa shape index (κ1) is 40.5. The molecule has 1 aromatic carbocycles. The van der Waals surface area contributed by atoms with E-state index in [-0.39, 0.29) is 30.3 Å². The molecule has 6 rings (SSSR count). The molecule has 3 amide bonds. The van der Waals surface area contributed by atoms with Crippen molar-refractivity contribution in [1.29, 1.82) is 0 Å². The minimum absolute atomic E-state index is 0.0487. The number of aromatic nitrogens is 4. The van der Waals surface area contributed by atoms with Crippen molar-refractivity contribution >= 4 is 57.8 Å². The highest BCUT2D eigenvalue weighted by Crippen LogP contribution is 2.37. The molecule has 3 N–H and O–H groups in total. The van der Waals surface area contributed by atoms with Crippen molar-refractivity contribution < 1.29 is 23.9 Å². The molecule has 4 atom stereocenters. The molecule has 14 heteroatoms. The Hall–Kier alpha value is -6.12. The van der Waals surface area contributed by atoms with Gasteiger partial charge in [0, 0.05) is 48.3 Å². The summed E-state index contributed by atoms with van der Waals surface area (Å²) in [4.78, 5) is 66.1. The maximum atomic E-state index is 13.7. The highest BCUT2D eigenvalue weighted by molar-refractivity contribution is 7.16. The van der Waals surface area contributed by atoms with Crippen molar-refractivity contribution in [2.24, 2.45) is 4.99 Å². The number of methoxy groups -OCH3 is 2.